The number of nitrogens with one attached hydrogen (secondary N) is 2. The average Bonchev–Trinajstić information content (AvgIpc) is 2.95. The highest BCUT2D eigenvalue weighted by molar-refractivity contribution is 6.04. The second-order valence-corrected chi connectivity index (χ2v) is 4.81. The lowest BCUT2D eigenvalue weighted by Gasteiger charge is -2.07. The summed E-state index contributed by atoms with van der Waals surface area (Å²) in [6.45, 7) is 0.912. The van der Waals surface area contributed by atoms with Crippen LogP contribution in [0.2, 0.25) is 0 Å². The van der Waals surface area contributed by atoms with Crippen LogP contribution in [0.4, 0.5) is 17.1 Å². The number of fused-ring (bicyclic) bond motifs is 1. The summed E-state index contributed by atoms with van der Waals surface area (Å²) in [5.74, 6) is -0.282. The normalized spacial score (nSPS) is 12.4. The molecule has 0 spiro atoms. The number of rotatable bonds is 3. The number of amides is 1. The van der Waals surface area contributed by atoms with Gasteiger partial charge in [-0.2, -0.15) is 0 Å². The Hall–Kier alpha value is -2.89. The molecule has 0 radical (unpaired) electrons. The Labute approximate surface area is 120 Å². The van der Waals surface area contributed by atoms with Crippen molar-refractivity contribution in [2.45, 2.75) is 6.42 Å². The number of anilines is 2. The number of hydrogen-bond donors (Lipinski definition) is 2. The Kier molecular flexibility index (Phi) is 3.27. The van der Waals surface area contributed by atoms with Crippen LogP contribution in [-0.4, -0.2) is 17.4 Å². The molecule has 3 rings (SSSR count). The van der Waals surface area contributed by atoms with Crippen LogP contribution < -0.4 is 10.6 Å². The molecular formula is C15H13N3O3. The van der Waals surface area contributed by atoms with Gasteiger partial charge in [-0.25, -0.2) is 0 Å². The molecule has 21 heavy (non-hydrogen) atoms. The minimum Gasteiger partial charge on any atom is -0.384 e. The Bertz CT molecular complexity index is 711. The molecule has 0 aromatic heterocycles. The third-order valence-corrected chi connectivity index (χ3v) is 3.41. The number of carbonyl (C=O) groups excluding carboxylic acids is 1. The Balaban J connectivity index is 1.75. The molecule has 2 N–H and O–H groups in total. The van der Waals surface area contributed by atoms with Crippen molar-refractivity contribution in [1.82, 2.24) is 0 Å². The SMILES string of the molecule is O=C(Nc1ccc2c(c1)CCN2)c1ccc([N+](=O)[O-])cc1. The molecule has 1 aliphatic heterocycles. The molecule has 0 atom stereocenters. The van der Waals surface area contributed by atoms with Gasteiger partial charge in [0.1, 0.15) is 0 Å². The van der Waals surface area contributed by atoms with E-state index in [0.717, 1.165) is 24.3 Å². The van der Waals surface area contributed by atoms with E-state index in [1.54, 1.807) is 0 Å². The Morgan fingerprint density at radius 1 is 1.19 bits per heavy atom. The fourth-order valence-corrected chi connectivity index (χ4v) is 2.32. The summed E-state index contributed by atoms with van der Waals surface area (Å²) in [4.78, 5) is 22.2. The zero-order valence-electron chi connectivity index (χ0n) is 11.1. The lowest BCUT2D eigenvalue weighted by atomic mass is 10.1. The highest BCUT2D eigenvalue weighted by Gasteiger charge is 2.13. The zero-order valence-corrected chi connectivity index (χ0v) is 11.1. The number of benzene rings is 2. The van der Waals surface area contributed by atoms with Gasteiger partial charge in [0.2, 0.25) is 0 Å². The van der Waals surface area contributed by atoms with Crippen LogP contribution in [0.5, 0.6) is 0 Å². The van der Waals surface area contributed by atoms with Crippen LogP contribution in [0.15, 0.2) is 42.5 Å². The van der Waals surface area contributed by atoms with Gasteiger partial charge in [0.25, 0.3) is 11.6 Å². The molecule has 1 amide bonds. The van der Waals surface area contributed by atoms with Crippen LogP contribution in [0.3, 0.4) is 0 Å². The third-order valence-electron chi connectivity index (χ3n) is 3.41. The minimum absolute atomic E-state index is 0.0323. The Morgan fingerprint density at radius 3 is 2.67 bits per heavy atom. The summed E-state index contributed by atoms with van der Waals surface area (Å²) >= 11 is 0. The van der Waals surface area contributed by atoms with E-state index in [-0.39, 0.29) is 11.6 Å². The van der Waals surface area contributed by atoms with Gasteiger partial charge in [0.05, 0.1) is 4.92 Å². The van der Waals surface area contributed by atoms with Crippen molar-refractivity contribution in [3.8, 4) is 0 Å². The lowest BCUT2D eigenvalue weighted by Crippen LogP contribution is -2.11. The molecule has 0 aliphatic carbocycles. The van der Waals surface area contributed by atoms with Gasteiger partial charge in [-0.05, 0) is 42.3 Å². The van der Waals surface area contributed by atoms with Gasteiger partial charge in [-0.15, -0.1) is 0 Å². The molecule has 106 valence electrons. The first-order valence-electron chi connectivity index (χ1n) is 6.56. The molecule has 0 unspecified atom stereocenters. The van der Waals surface area contributed by atoms with Crippen molar-refractivity contribution in [2.75, 3.05) is 17.2 Å². The number of nitro benzene ring substituents is 1. The number of carbonyl (C=O) groups is 1. The molecule has 1 heterocycles. The average molecular weight is 283 g/mol. The van der Waals surface area contributed by atoms with Crippen LogP contribution in [0.1, 0.15) is 15.9 Å². The van der Waals surface area contributed by atoms with Crippen molar-refractivity contribution in [3.63, 3.8) is 0 Å². The Morgan fingerprint density at radius 2 is 1.95 bits per heavy atom. The van der Waals surface area contributed by atoms with Gasteiger partial charge in [0.15, 0.2) is 0 Å². The van der Waals surface area contributed by atoms with E-state index in [4.69, 9.17) is 0 Å². The van der Waals surface area contributed by atoms with E-state index in [2.05, 4.69) is 10.6 Å². The molecular weight excluding hydrogens is 270 g/mol. The summed E-state index contributed by atoms with van der Waals surface area (Å²) in [7, 11) is 0. The van der Waals surface area contributed by atoms with E-state index in [0.29, 0.717) is 5.56 Å². The molecule has 0 saturated heterocycles. The van der Waals surface area contributed by atoms with Crippen molar-refractivity contribution in [2.24, 2.45) is 0 Å². The van der Waals surface area contributed by atoms with E-state index >= 15 is 0 Å². The molecule has 0 bridgehead atoms. The lowest BCUT2D eigenvalue weighted by molar-refractivity contribution is -0.384. The van der Waals surface area contributed by atoms with Crippen LogP contribution in [0, 0.1) is 10.1 Å². The topological polar surface area (TPSA) is 84.3 Å². The third kappa shape index (κ3) is 2.69. The molecule has 2 aromatic carbocycles. The minimum atomic E-state index is -0.491. The molecule has 1 aliphatic rings. The maximum Gasteiger partial charge on any atom is 0.269 e. The second-order valence-electron chi connectivity index (χ2n) is 4.81. The fraction of sp³-hybridized carbons (Fsp3) is 0.133. The summed E-state index contributed by atoms with van der Waals surface area (Å²) in [6, 6.07) is 11.3. The summed E-state index contributed by atoms with van der Waals surface area (Å²) < 4.78 is 0. The molecule has 2 aromatic rings. The van der Waals surface area contributed by atoms with Crippen molar-refractivity contribution < 1.29 is 9.72 Å². The van der Waals surface area contributed by atoms with Crippen molar-refractivity contribution in [1.29, 1.82) is 0 Å². The predicted molar refractivity (Wildman–Crippen MR) is 79.7 cm³/mol. The summed E-state index contributed by atoms with van der Waals surface area (Å²) in [6.07, 6.45) is 0.941. The highest BCUT2D eigenvalue weighted by atomic mass is 16.6. The maximum atomic E-state index is 12.1. The van der Waals surface area contributed by atoms with Crippen molar-refractivity contribution >= 4 is 23.0 Å². The first kappa shape index (κ1) is 13.1. The molecule has 0 fully saturated rings. The summed E-state index contributed by atoms with van der Waals surface area (Å²) in [5, 5.41) is 16.6. The van der Waals surface area contributed by atoms with Gasteiger partial charge in [-0.1, -0.05) is 0 Å². The standard InChI is InChI=1S/C15H13N3O3/c19-15(10-1-4-13(5-2-10)18(20)21)17-12-3-6-14-11(9-12)7-8-16-14/h1-6,9,16H,7-8H2,(H,17,19). The van der Waals surface area contributed by atoms with E-state index < -0.39 is 4.92 Å². The first-order valence-corrected chi connectivity index (χ1v) is 6.56. The maximum absolute atomic E-state index is 12.1. The van der Waals surface area contributed by atoms with E-state index in [9.17, 15) is 14.9 Å². The van der Waals surface area contributed by atoms with Gasteiger partial charge in [0, 0.05) is 35.6 Å². The van der Waals surface area contributed by atoms with Crippen LogP contribution in [-0.2, 0) is 6.42 Å². The number of hydrogen-bond acceptors (Lipinski definition) is 4. The largest absolute Gasteiger partial charge is 0.384 e. The number of nitro groups is 1. The fourth-order valence-electron chi connectivity index (χ4n) is 2.32. The van der Waals surface area contributed by atoms with E-state index in [1.165, 1.54) is 29.8 Å². The highest BCUT2D eigenvalue weighted by Crippen LogP contribution is 2.25. The summed E-state index contributed by atoms with van der Waals surface area (Å²) in [5.41, 5.74) is 3.36. The predicted octanol–water partition coefficient (Wildman–Crippen LogP) is 2.82. The van der Waals surface area contributed by atoms with E-state index in [1.807, 2.05) is 18.2 Å². The smallest absolute Gasteiger partial charge is 0.269 e. The number of nitrogens with zero attached hydrogens (tertiary/aromatic N) is 1. The quantitative estimate of drug-likeness (QED) is 0.670. The van der Waals surface area contributed by atoms with Gasteiger partial charge in [-0.3, -0.25) is 14.9 Å². The second kappa shape index (κ2) is 5.24. The monoisotopic (exact) mass is 283 g/mol. The van der Waals surface area contributed by atoms with Gasteiger partial charge < -0.3 is 10.6 Å². The van der Waals surface area contributed by atoms with Gasteiger partial charge >= 0.3 is 0 Å². The van der Waals surface area contributed by atoms with Crippen LogP contribution in [0.25, 0.3) is 0 Å². The van der Waals surface area contributed by atoms with Crippen LogP contribution >= 0.6 is 0 Å². The zero-order chi connectivity index (χ0) is 14.8. The first-order chi connectivity index (χ1) is 10.1. The van der Waals surface area contributed by atoms with Crippen molar-refractivity contribution in [3.05, 3.63) is 63.7 Å². The number of non-ortho nitro benzene ring substituents is 1. The molecule has 6 heteroatoms. The molecule has 6 nitrogen and oxygen atoms in total. The molecule has 0 saturated carbocycles.